The van der Waals surface area contributed by atoms with E-state index >= 15 is 0 Å². The molecule has 3 rings (SSSR count). The molecule has 1 fully saturated rings. The Labute approximate surface area is 148 Å². The smallest absolute Gasteiger partial charge is 0.185 e. The van der Waals surface area contributed by atoms with Crippen molar-refractivity contribution in [2.75, 3.05) is 37.6 Å². The van der Waals surface area contributed by atoms with Gasteiger partial charge in [0.05, 0.1) is 14.1 Å². The summed E-state index contributed by atoms with van der Waals surface area (Å²) in [5, 5.41) is 3.07. The third kappa shape index (κ3) is 3.73. The van der Waals surface area contributed by atoms with Crippen molar-refractivity contribution < 1.29 is 4.79 Å². The van der Waals surface area contributed by atoms with E-state index in [0.717, 1.165) is 44.4 Å². The maximum absolute atomic E-state index is 12.3. The predicted octanol–water partition coefficient (Wildman–Crippen LogP) is 3.73. The molecule has 0 aromatic carbocycles. The van der Waals surface area contributed by atoms with Crippen LogP contribution in [0.15, 0.2) is 25.2 Å². The van der Waals surface area contributed by atoms with Gasteiger partial charge in [-0.05, 0) is 37.9 Å². The molecule has 112 valence electrons. The van der Waals surface area contributed by atoms with Crippen LogP contribution in [0.1, 0.15) is 10.4 Å². The van der Waals surface area contributed by atoms with Crippen LogP contribution in [0.2, 0.25) is 0 Å². The highest BCUT2D eigenvalue weighted by atomic mass is 79.9. The Morgan fingerprint density at radius 2 is 2.05 bits per heavy atom. The fourth-order valence-corrected chi connectivity index (χ4v) is 5.84. The standard InChI is InChI=1S/C13H13Br2N3OS2/c14-11-7-9(12(15)21-11)10(19)8-17-2-4-18(5-3-17)13-16-1-6-20-13/h1,6-7H,2-5,8H2. The first-order chi connectivity index (χ1) is 10.1. The number of carbonyl (C=O) groups is 1. The molecule has 3 heterocycles. The molecule has 0 saturated carbocycles. The summed E-state index contributed by atoms with van der Waals surface area (Å²) in [6, 6.07) is 1.89. The predicted molar refractivity (Wildman–Crippen MR) is 94.8 cm³/mol. The number of carbonyl (C=O) groups excluding carboxylic acids is 1. The number of hydrogen-bond acceptors (Lipinski definition) is 6. The molecular formula is C13H13Br2N3OS2. The lowest BCUT2D eigenvalue weighted by Gasteiger charge is -2.34. The molecule has 0 N–H and O–H groups in total. The minimum absolute atomic E-state index is 0.173. The molecule has 0 atom stereocenters. The molecule has 0 spiro atoms. The van der Waals surface area contributed by atoms with Gasteiger partial charge in [0, 0.05) is 43.3 Å². The summed E-state index contributed by atoms with van der Waals surface area (Å²) in [5.41, 5.74) is 0.772. The molecule has 0 radical (unpaired) electrons. The first-order valence-corrected chi connectivity index (χ1v) is 9.76. The first kappa shape index (κ1) is 15.6. The van der Waals surface area contributed by atoms with E-state index in [1.807, 2.05) is 17.6 Å². The van der Waals surface area contributed by atoms with Crippen LogP contribution < -0.4 is 4.90 Å². The number of piperazine rings is 1. The monoisotopic (exact) mass is 449 g/mol. The Bertz CT molecular complexity index is 621. The minimum Gasteiger partial charge on any atom is -0.346 e. The van der Waals surface area contributed by atoms with Crippen molar-refractivity contribution in [2.24, 2.45) is 0 Å². The van der Waals surface area contributed by atoms with Crippen molar-refractivity contribution in [3.05, 3.63) is 30.8 Å². The topological polar surface area (TPSA) is 36.4 Å². The number of rotatable bonds is 4. The normalized spacial score (nSPS) is 16.4. The van der Waals surface area contributed by atoms with Gasteiger partial charge in [-0.2, -0.15) is 0 Å². The van der Waals surface area contributed by atoms with Gasteiger partial charge >= 0.3 is 0 Å². The molecule has 0 amide bonds. The fraction of sp³-hybridized carbons (Fsp3) is 0.385. The van der Waals surface area contributed by atoms with Crippen molar-refractivity contribution in [2.45, 2.75) is 0 Å². The van der Waals surface area contributed by atoms with E-state index in [9.17, 15) is 4.79 Å². The molecule has 1 aliphatic rings. The SMILES string of the molecule is O=C(CN1CCN(c2nccs2)CC1)c1cc(Br)sc1Br. The van der Waals surface area contributed by atoms with E-state index in [1.165, 1.54) is 11.3 Å². The number of halogens is 2. The Kier molecular flexibility index (Phi) is 5.11. The molecule has 0 unspecified atom stereocenters. The maximum atomic E-state index is 12.3. The van der Waals surface area contributed by atoms with E-state index < -0.39 is 0 Å². The Morgan fingerprint density at radius 1 is 1.29 bits per heavy atom. The van der Waals surface area contributed by atoms with E-state index in [-0.39, 0.29) is 5.78 Å². The summed E-state index contributed by atoms with van der Waals surface area (Å²) in [6.07, 6.45) is 1.84. The highest BCUT2D eigenvalue weighted by Gasteiger charge is 2.22. The zero-order valence-corrected chi connectivity index (χ0v) is 15.9. The summed E-state index contributed by atoms with van der Waals surface area (Å²) in [4.78, 5) is 21.2. The van der Waals surface area contributed by atoms with Gasteiger partial charge in [-0.3, -0.25) is 9.69 Å². The van der Waals surface area contributed by atoms with Crippen molar-refractivity contribution >= 4 is 65.4 Å². The zero-order chi connectivity index (χ0) is 14.8. The fourth-order valence-electron chi connectivity index (χ4n) is 2.29. The molecular weight excluding hydrogens is 438 g/mol. The number of thiazole rings is 1. The molecule has 2 aromatic heterocycles. The van der Waals surface area contributed by atoms with E-state index in [2.05, 4.69) is 46.6 Å². The third-order valence-electron chi connectivity index (χ3n) is 3.39. The quantitative estimate of drug-likeness (QED) is 0.665. The molecule has 1 saturated heterocycles. The number of Topliss-reactive ketones (excluding diaryl/α,β-unsaturated/α-hetero) is 1. The molecule has 1 aliphatic heterocycles. The van der Waals surface area contributed by atoms with Crippen LogP contribution in [0.25, 0.3) is 0 Å². The van der Waals surface area contributed by atoms with E-state index in [1.54, 1.807) is 11.3 Å². The lowest BCUT2D eigenvalue weighted by molar-refractivity contribution is 0.0926. The molecule has 8 heteroatoms. The van der Waals surface area contributed by atoms with Gasteiger partial charge in [0.2, 0.25) is 0 Å². The van der Waals surface area contributed by atoms with Crippen molar-refractivity contribution in [3.8, 4) is 0 Å². The number of ketones is 1. The molecule has 2 aromatic rings. The number of nitrogens with zero attached hydrogens (tertiary/aromatic N) is 3. The van der Waals surface area contributed by atoms with Crippen LogP contribution >= 0.6 is 54.5 Å². The van der Waals surface area contributed by atoms with E-state index in [4.69, 9.17) is 0 Å². The Hall–Kier alpha value is -0.280. The molecule has 4 nitrogen and oxygen atoms in total. The van der Waals surface area contributed by atoms with Gasteiger partial charge in [-0.25, -0.2) is 4.98 Å². The van der Waals surface area contributed by atoms with E-state index in [0.29, 0.717) is 6.54 Å². The highest BCUT2D eigenvalue weighted by molar-refractivity contribution is 9.12. The van der Waals surface area contributed by atoms with Gasteiger partial charge in [-0.1, -0.05) is 0 Å². The third-order valence-corrected chi connectivity index (χ3v) is 6.56. The van der Waals surface area contributed by atoms with Crippen LogP contribution in [-0.2, 0) is 0 Å². The molecule has 0 bridgehead atoms. The number of anilines is 1. The van der Waals surface area contributed by atoms with Gasteiger partial charge < -0.3 is 4.90 Å². The summed E-state index contributed by atoms with van der Waals surface area (Å²) in [7, 11) is 0. The van der Waals surface area contributed by atoms with Crippen LogP contribution in [0.3, 0.4) is 0 Å². The van der Waals surface area contributed by atoms with Gasteiger partial charge in [0.1, 0.15) is 0 Å². The number of hydrogen-bond donors (Lipinski definition) is 0. The summed E-state index contributed by atoms with van der Waals surface area (Å²) in [6.45, 7) is 4.13. The van der Waals surface area contributed by atoms with Crippen molar-refractivity contribution in [3.63, 3.8) is 0 Å². The van der Waals surface area contributed by atoms with Crippen molar-refractivity contribution in [1.82, 2.24) is 9.88 Å². The highest BCUT2D eigenvalue weighted by Crippen LogP contribution is 2.32. The van der Waals surface area contributed by atoms with Crippen LogP contribution in [0, 0.1) is 0 Å². The molecule has 21 heavy (non-hydrogen) atoms. The van der Waals surface area contributed by atoms with Gasteiger partial charge in [0.15, 0.2) is 10.9 Å². The molecule has 0 aliphatic carbocycles. The second-order valence-corrected chi connectivity index (χ2v) is 9.36. The lowest BCUT2D eigenvalue weighted by atomic mass is 10.2. The summed E-state index contributed by atoms with van der Waals surface area (Å²) < 4.78 is 1.88. The van der Waals surface area contributed by atoms with Crippen LogP contribution in [-0.4, -0.2) is 48.4 Å². The maximum Gasteiger partial charge on any atom is 0.185 e. The minimum atomic E-state index is 0.173. The second-order valence-electron chi connectivity index (χ2n) is 4.74. The average molecular weight is 451 g/mol. The van der Waals surface area contributed by atoms with Crippen molar-refractivity contribution in [1.29, 1.82) is 0 Å². The average Bonchev–Trinajstić information content (AvgIpc) is 3.09. The van der Waals surface area contributed by atoms with Gasteiger partial charge in [0.25, 0.3) is 0 Å². The zero-order valence-electron chi connectivity index (χ0n) is 11.1. The largest absolute Gasteiger partial charge is 0.346 e. The number of thiophene rings is 1. The van der Waals surface area contributed by atoms with Crippen LogP contribution in [0.4, 0.5) is 5.13 Å². The van der Waals surface area contributed by atoms with Crippen LogP contribution in [0.5, 0.6) is 0 Å². The van der Waals surface area contributed by atoms with Gasteiger partial charge in [-0.15, -0.1) is 22.7 Å². The Morgan fingerprint density at radius 3 is 2.62 bits per heavy atom. The second kappa shape index (κ2) is 6.87. The Balaban J connectivity index is 1.56. The first-order valence-electron chi connectivity index (χ1n) is 6.48. The summed E-state index contributed by atoms with van der Waals surface area (Å²) in [5.74, 6) is 0.173. The lowest BCUT2D eigenvalue weighted by Crippen LogP contribution is -2.48. The summed E-state index contributed by atoms with van der Waals surface area (Å²) >= 11 is 10.1. The number of aromatic nitrogens is 1.